The molecular formula is C13H18N2O2. The van der Waals surface area contributed by atoms with Crippen molar-refractivity contribution in [1.29, 1.82) is 0 Å². The Morgan fingerprint density at radius 1 is 1.47 bits per heavy atom. The summed E-state index contributed by atoms with van der Waals surface area (Å²) in [5.41, 5.74) is 1.07. The summed E-state index contributed by atoms with van der Waals surface area (Å²) in [6.07, 6.45) is 2.47. The maximum absolute atomic E-state index is 10.9. The molecule has 0 N–H and O–H groups in total. The van der Waals surface area contributed by atoms with E-state index in [0.717, 1.165) is 18.7 Å². The molecule has 0 aromatic heterocycles. The number of nitro benzene ring substituents is 1. The van der Waals surface area contributed by atoms with E-state index in [1.54, 1.807) is 12.1 Å². The zero-order valence-corrected chi connectivity index (χ0v) is 10.1. The molecule has 0 spiro atoms. The molecule has 0 saturated carbocycles. The lowest BCUT2D eigenvalue weighted by Gasteiger charge is -2.30. The van der Waals surface area contributed by atoms with Crippen molar-refractivity contribution < 1.29 is 4.92 Å². The molecule has 0 radical (unpaired) electrons. The van der Waals surface area contributed by atoms with Gasteiger partial charge in [0.05, 0.1) is 4.92 Å². The Bertz CT molecular complexity index is 406. The maximum atomic E-state index is 10.9. The first kappa shape index (κ1) is 12.0. The summed E-state index contributed by atoms with van der Waals surface area (Å²) in [5.74, 6) is 0.700. The van der Waals surface area contributed by atoms with E-state index in [-0.39, 0.29) is 10.6 Å². The molecule has 92 valence electrons. The highest BCUT2D eigenvalue weighted by atomic mass is 16.6. The van der Waals surface area contributed by atoms with Crippen molar-refractivity contribution in [3.8, 4) is 0 Å². The van der Waals surface area contributed by atoms with Gasteiger partial charge in [-0.05, 0) is 25.3 Å². The number of para-hydroxylation sites is 1. The van der Waals surface area contributed by atoms with E-state index < -0.39 is 0 Å². The van der Waals surface area contributed by atoms with Crippen LogP contribution in [0.25, 0.3) is 0 Å². The number of likely N-dealkylation sites (tertiary alicyclic amines) is 1. The third-order valence-corrected chi connectivity index (χ3v) is 3.32. The standard InChI is InChI=1S/C13H18N2O2/c1-11-5-4-8-14(9-11)10-12-6-2-3-7-13(12)15(16)17/h2-3,6-7,11H,4-5,8-10H2,1H3/t11-/m1/s1. The van der Waals surface area contributed by atoms with Gasteiger partial charge in [-0.3, -0.25) is 15.0 Å². The minimum Gasteiger partial charge on any atom is -0.299 e. The van der Waals surface area contributed by atoms with E-state index in [0.29, 0.717) is 12.5 Å². The van der Waals surface area contributed by atoms with Crippen molar-refractivity contribution in [3.63, 3.8) is 0 Å². The molecule has 4 nitrogen and oxygen atoms in total. The van der Waals surface area contributed by atoms with Crippen LogP contribution in [0.5, 0.6) is 0 Å². The monoisotopic (exact) mass is 234 g/mol. The molecule has 4 heteroatoms. The molecule has 0 amide bonds. The zero-order valence-electron chi connectivity index (χ0n) is 10.1. The van der Waals surface area contributed by atoms with Crippen LogP contribution in [-0.4, -0.2) is 22.9 Å². The molecular weight excluding hydrogens is 216 g/mol. The number of hydrogen-bond donors (Lipinski definition) is 0. The Balaban J connectivity index is 2.10. The summed E-state index contributed by atoms with van der Waals surface area (Å²) >= 11 is 0. The second-order valence-corrected chi connectivity index (χ2v) is 4.87. The molecule has 1 aromatic rings. The number of rotatable bonds is 3. The molecule has 1 aromatic carbocycles. The van der Waals surface area contributed by atoms with Crippen LogP contribution >= 0.6 is 0 Å². The first-order chi connectivity index (χ1) is 8.16. The van der Waals surface area contributed by atoms with Crippen LogP contribution in [0, 0.1) is 16.0 Å². The Labute approximate surface area is 101 Å². The topological polar surface area (TPSA) is 46.4 Å². The molecule has 1 saturated heterocycles. The molecule has 2 rings (SSSR count). The molecule has 1 heterocycles. The van der Waals surface area contributed by atoms with Crippen molar-refractivity contribution in [2.75, 3.05) is 13.1 Å². The molecule has 1 fully saturated rings. The van der Waals surface area contributed by atoms with Crippen LogP contribution in [0.3, 0.4) is 0 Å². The zero-order chi connectivity index (χ0) is 12.3. The Hall–Kier alpha value is -1.42. The Morgan fingerprint density at radius 2 is 2.24 bits per heavy atom. The number of nitrogens with zero attached hydrogens (tertiary/aromatic N) is 2. The third-order valence-electron chi connectivity index (χ3n) is 3.32. The Kier molecular flexibility index (Phi) is 3.74. The summed E-state index contributed by atoms with van der Waals surface area (Å²) < 4.78 is 0. The SMILES string of the molecule is C[C@@H]1CCCN(Cc2ccccc2[N+](=O)[O-])C1. The summed E-state index contributed by atoms with van der Waals surface area (Å²) in [7, 11) is 0. The van der Waals surface area contributed by atoms with Crippen LogP contribution in [0.15, 0.2) is 24.3 Å². The van der Waals surface area contributed by atoms with E-state index in [1.165, 1.54) is 12.8 Å². The molecule has 0 unspecified atom stereocenters. The normalized spacial score (nSPS) is 21.4. The smallest absolute Gasteiger partial charge is 0.273 e. The summed E-state index contributed by atoms with van der Waals surface area (Å²) in [6, 6.07) is 7.04. The lowest BCUT2D eigenvalue weighted by molar-refractivity contribution is -0.385. The van der Waals surface area contributed by atoms with E-state index in [1.807, 2.05) is 12.1 Å². The summed E-state index contributed by atoms with van der Waals surface area (Å²) in [6.45, 7) is 5.04. The molecule has 0 bridgehead atoms. The van der Waals surface area contributed by atoms with Crippen LogP contribution < -0.4 is 0 Å². The third kappa shape index (κ3) is 3.03. The van der Waals surface area contributed by atoms with Crippen LogP contribution in [0.1, 0.15) is 25.3 Å². The van der Waals surface area contributed by atoms with Crippen molar-refractivity contribution in [1.82, 2.24) is 4.90 Å². The molecule has 17 heavy (non-hydrogen) atoms. The van der Waals surface area contributed by atoms with Gasteiger partial charge in [0.2, 0.25) is 0 Å². The average molecular weight is 234 g/mol. The van der Waals surface area contributed by atoms with Crippen molar-refractivity contribution in [2.24, 2.45) is 5.92 Å². The average Bonchev–Trinajstić information content (AvgIpc) is 2.29. The first-order valence-electron chi connectivity index (χ1n) is 6.11. The maximum Gasteiger partial charge on any atom is 0.273 e. The van der Waals surface area contributed by atoms with E-state index in [4.69, 9.17) is 0 Å². The van der Waals surface area contributed by atoms with E-state index in [2.05, 4.69) is 11.8 Å². The first-order valence-corrected chi connectivity index (χ1v) is 6.11. The number of benzene rings is 1. The largest absolute Gasteiger partial charge is 0.299 e. The van der Waals surface area contributed by atoms with Gasteiger partial charge in [-0.1, -0.05) is 25.1 Å². The fraction of sp³-hybridized carbons (Fsp3) is 0.538. The van der Waals surface area contributed by atoms with Gasteiger partial charge < -0.3 is 0 Å². The van der Waals surface area contributed by atoms with Gasteiger partial charge in [0.25, 0.3) is 5.69 Å². The quantitative estimate of drug-likeness (QED) is 0.596. The highest BCUT2D eigenvalue weighted by Gasteiger charge is 2.19. The fourth-order valence-electron chi connectivity index (χ4n) is 2.49. The molecule has 1 aliphatic rings. The minimum atomic E-state index is -0.289. The number of piperidine rings is 1. The van der Waals surface area contributed by atoms with Crippen molar-refractivity contribution in [2.45, 2.75) is 26.3 Å². The van der Waals surface area contributed by atoms with Gasteiger partial charge in [-0.25, -0.2) is 0 Å². The fourth-order valence-corrected chi connectivity index (χ4v) is 2.49. The number of nitro groups is 1. The molecule has 0 aliphatic carbocycles. The summed E-state index contributed by atoms with van der Waals surface area (Å²) in [5, 5.41) is 10.9. The second-order valence-electron chi connectivity index (χ2n) is 4.87. The highest BCUT2D eigenvalue weighted by molar-refractivity contribution is 5.39. The summed E-state index contributed by atoms with van der Waals surface area (Å²) in [4.78, 5) is 12.9. The van der Waals surface area contributed by atoms with Gasteiger partial charge in [-0.15, -0.1) is 0 Å². The van der Waals surface area contributed by atoms with Crippen molar-refractivity contribution in [3.05, 3.63) is 39.9 Å². The van der Waals surface area contributed by atoms with Crippen molar-refractivity contribution >= 4 is 5.69 Å². The van der Waals surface area contributed by atoms with Gasteiger partial charge in [-0.2, -0.15) is 0 Å². The number of hydrogen-bond acceptors (Lipinski definition) is 3. The Morgan fingerprint density at radius 3 is 2.94 bits per heavy atom. The van der Waals surface area contributed by atoms with Gasteiger partial charge in [0, 0.05) is 24.7 Å². The minimum absolute atomic E-state index is 0.241. The predicted molar refractivity (Wildman–Crippen MR) is 66.8 cm³/mol. The van der Waals surface area contributed by atoms with E-state index >= 15 is 0 Å². The van der Waals surface area contributed by atoms with Gasteiger partial charge in [0.15, 0.2) is 0 Å². The van der Waals surface area contributed by atoms with Crippen LogP contribution in [0.4, 0.5) is 5.69 Å². The van der Waals surface area contributed by atoms with Crippen LogP contribution in [0.2, 0.25) is 0 Å². The molecule has 1 aliphatic heterocycles. The lowest BCUT2D eigenvalue weighted by atomic mass is 9.99. The van der Waals surface area contributed by atoms with Gasteiger partial charge >= 0.3 is 0 Å². The predicted octanol–water partition coefficient (Wildman–Crippen LogP) is 2.83. The molecule has 1 atom stereocenters. The van der Waals surface area contributed by atoms with Gasteiger partial charge in [0.1, 0.15) is 0 Å². The second kappa shape index (κ2) is 5.27. The van der Waals surface area contributed by atoms with Crippen LogP contribution in [-0.2, 0) is 6.54 Å². The highest BCUT2D eigenvalue weighted by Crippen LogP contribution is 2.22. The van der Waals surface area contributed by atoms with E-state index in [9.17, 15) is 10.1 Å². The lowest BCUT2D eigenvalue weighted by Crippen LogP contribution is -2.33.